The van der Waals surface area contributed by atoms with Gasteiger partial charge in [-0.05, 0) is 12.1 Å². The van der Waals surface area contributed by atoms with Crippen LogP contribution in [0.1, 0.15) is 5.82 Å². The summed E-state index contributed by atoms with van der Waals surface area (Å²) in [6, 6.07) is 3.63. The summed E-state index contributed by atoms with van der Waals surface area (Å²) in [6.07, 6.45) is 1.86. The second-order valence-electron chi connectivity index (χ2n) is 2.60. The minimum atomic E-state index is 0.432. The van der Waals surface area contributed by atoms with Crippen molar-refractivity contribution in [3.8, 4) is 0 Å². The van der Waals surface area contributed by atoms with E-state index in [1.165, 1.54) is 0 Å². The van der Waals surface area contributed by atoms with Gasteiger partial charge in [0.25, 0.3) is 0 Å². The van der Waals surface area contributed by atoms with Gasteiger partial charge in [0.2, 0.25) is 0 Å². The molecule has 0 aliphatic rings. The summed E-state index contributed by atoms with van der Waals surface area (Å²) in [5.74, 6) is 0.750. The van der Waals surface area contributed by atoms with E-state index in [4.69, 9.17) is 16.3 Å². The van der Waals surface area contributed by atoms with Gasteiger partial charge < -0.3 is 4.74 Å². The summed E-state index contributed by atoms with van der Waals surface area (Å²) >= 11 is 5.91. The highest BCUT2D eigenvalue weighted by molar-refractivity contribution is 6.33. The van der Waals surface area contributed by atoms with Crippen molar-refractivity contribution in [3.63, 3.8) is 0 Å². The van der Waals surface area contributed by atoms with Crippen LogP contribution in [0.2, 0.25) is 5.02 Å². The smallest absolute Gasteiger partial charge is 0.179 e. The Hall–Kier alpha value is -1.13. The molecule has 68 valence electrons. The van der Waals surface area contributed by atoms with Crippen LogP contribution in [0.15, 0.2) is 18.3 Å². The third kappa shape index (κ3) is 1.38. The molecule has 0 aliphatic heterocycles. The van der Waals surface area contributed by atoms with E-state index in [0.29, 0.717) is 17.3 Å². The maximum Gasteiger partial charge on any atom is 0.179 e. The number of fused-ring (bicyclic) bond motifs is 1. The molecule has 2 heterocycles. The van der Waals surface area contributed by atoms with Crippen LogP contribution in [0.5, 0.6) is 0 Å². The highest BCUT2D eigenvalue weighted by atomic mass is 35.5. The highest BCUT2D eigenvalue weighted by Crippen LogP contribution is 2.15. The number of rotatable bonds is 2. The molecule has 0 radical (unpaired) electrons. The Morgan fingerprint density at radius 1 is 1.54 bits per heavy atom. The van der Waals surface area contributed by atoms with E-state index in [0.717, 1.165) is 5.82 Å². The number of nitrogens with zero attached hydrogens (tertiary/aromatic N) is 3. The van der Waals surface area contributed by atoms with Gasteiger partial charge in [-0.1, -0.05) is 11.6 Å². The third-order valence-electron chi connectivity index (χ3n) is 1.73. The zero-order valence-electron chi connectivity index (χ0n) is 7.07. The van der Waals surface area contributed by atoms with Crippen LogP contribution in [0.4, 0.5) is 0 Å². The summed E-state index contributed by atoms with van der Waals surface area (Å²) in [4.78, 5) is 0. The molecule has 0 saturated heterocycles. The van der Waals surface area contributed by atoms with Crippen molar-refractivity contribution < 1.29 is 4.74 Å². The van der Waals surface area contributed by atoms with Crippen molar-refractivity contribution >= 4 is 17.2 Å². The van der Waals surface area contributed by atoms with Crippen molar-refractivity contribution in [1.29, 1.82) is 0 Å². The Morgan fingerprint density at radius 2 is 2.38 bits per heavy atom. The van der Waals surface area contributed by atoms with Crippen LogP contribution >= 0.6 is 11.6 Å². The lowest BCUT2D eigenvalue weighted by Gasteiger charge is -1.97. The van der Waals surface area contributed by atoms with E-state index in [1.54, 1.807) is 13.2 Å². The molecule has 0 aromatic carbocycles. The van der Waals surface area contributed by atoms with Gasteiger partial charge in [0.05, 0.1) is 5.02 Å². The fourth-order valence-electron chi connectivity index (χ4n) is 1.16. The number of methoxy groups -OCH3 is 1. The second kappa shape index (κ2) is 3.32. The molecule has 0 unspecified atom stereocenters. The number of halogens is 1. The largest absolute Gasteiger partial charge is 0.377 e. The van der Waals surface area contributed by atoms with Crippen molar-refractivity contribution in [1.82, 2.24) is 14.6 Å². The predicted molar refractivity (Wildman–Crippen MR) is 48.7 cm³/mol. The van der Waals surface area contributed by atoms with Crippen molar-refractivity contribution in [3.05, 3.63) is 29.2 Å². The van der Waals surface area contributed by atoms with Gasteiger partial charge in [0.1, 0.15) is 6.61 Å². The molecule has 2 aromatic heterocycles. The monoisotopic (exact) mass is 197 g/mol. The zero-order chi connectivity index (χ0) is 9.26. The Morgan fingerprint density at radius 3 is 3.15 bits per heavy atom. The molecule has 0 atom stereocenters. The molecule has 0 N–H and O–H groups in total. The molecule has 2 rings (SSSR count). The molecule has 0 fully saturated rings. The number of aromatic nitrogens is 3. The lowest BCUT2D eigenvalue weighted by Crippen LogP contribution is -1.95. The number of hydrogen-bond acceptors (Lipinski definition) is 3. The molecule has 0 spiro atoms. The molecule has 5 heteroatoms. The molecule has 0 aliphatic carbocycles. The first-order valence-corrected chi connectivity index (χ1v) is 4.18. The Balaban J connectivity index is 2.61. The van der Waals surface area contributed by atoms with Crippen LogP contribution in [-0.2, 0) is 11.3 Å². The van der Waals surface area contributed by atoms with E-state index >= 15 is 0 Å². The van der Waals surface area contributed by atoms with Crippen molar-refractivity contribution in [2.24, 2.45) is 0 Å². The summed E-state index contributed by atoms with van der Waals surface area (Å²) < 4.78 is 6.78. The maximum atomic E-state index is 5.91. The highest BCUT2D eigenvalue weighted by Gasteiger charge is 2.06. The van der Waals surface area contributed by atoms with Gasteiger partial charge >= 0.3 is 0 Å². The maximum absolute atomic E-state index is 5.91. The fourth-order valence-corrected chi connectivity index (χ4v) is 1.36. The van der Waals surface area contributed by atoms with Crippen LogP contribution in [0, 0.1) is 0 Å². The molecule has 0 amide bonds. The zero-order valence-corrected chi connectivity index (χ0v) is 7.82. The number of ether oxygens (including phenoxy) is 1. The van der Waals surface area contributed by atoms with E-state index < -0.39 is 0 Å². The fraction of sp³-hybridized carbons (Fsp3) is 0.250. The average molecular weight is 198 g/mol. The molecular formula is C8H8ClN3O. The topological polar surface area (TPSA) is 39.4 Å². The van der Waals surface area contributed by atoms with E-state index in [-0.39, 0.29) is 0 Å². The summed E-state index contributed by atoms with van der Waals surface area (Å²) in [7, 11) is 1.62. The predicted octanol–water partition coefficient (Wildman–Crippen LogP) is 1.53. The van der Waals surface area contributed by atoms with Crippen LogP contribution in [-0.4, -0.2) is 21.7 Å². The lowest BCUT2D eigenvalue weighted by molar-refractivity contribution is 0.177. The first-order chi connectivity index (χ1) is 6.33. The van der Waals surface area contributed by atoms with Crippen LogP contribution < -0.4 is 0 Å². The SMILES string of the molecule is COCc1nnc2c(Cl)cccn12. The third-order valence-corrected chi connectivity index (χ3v) is 2.03. The van der Waals surface area contributed by atoms with Gasteiger partial charge in [-0.15, -0.1) is 10.2 Å². The van der Waals surface area contributed by atoms with Gasteiger partial charge in [0.15, 0.2) is 11.5 Å². The molecular weight excluding hydrogens is 190 g/mol. The first kappa shape index (κ1) is 8.47. The Labute approximate surface area is 80.1 Å². The Kier molecular flexibility index (Phi) is 2.16. The number of pyridine rings is 1. The second-order valence-corrected chi connectivity index (χ2v) is 3.01. The van der Waals surface area contributed by atoms with E-state index in [1.807, 2.05) is 16.7 Å². The van der Waals surface area contributed by atoms with E-state index in [9.17, 15) is 0 Å². The number of hydrogen-bond donors (Lipinski definition) is 0. The van der Waals surface area contributed by atoms with Gasteiger partial charge in [-0.25, -0.2) is 0 Å². The quantitative estimate of drug-likeness (QED) is 0.733. The lowest BCUT2D eigenvalue weighted by atomic mass is 10.4. The summed E-state index contributed by atoms with van der Waals surface area (Å²) in [5, 5.41) is 8.48. The van der Waals surface area contributed by atoms with Crippen LogP contribution in [0.25, 0.3) is 5.65 Å². The Bertz CT molecular complexity index is 426. The van der Waals surface area contributed by atoms with Gasteiger partial charge in [0, 0.05) is 13.3 Å². The van der Waals surface area contributed by atoms with E-state index in [2.05, 4.69) is 10.2 Å². The minimum Gasteiger partial charge on any atom is -0.377 e. The molecule has 4 nitrogen and oxygen atoms in total. The first-order valence-electron chi connectivity index (χ1n) is 3.80. The standard InChI is InChI=1S/C8H8ClN3O/c1-13-5-7-10-11-8-6(9)3-2-4-12(7)8/h2-4H,5H2,1H3. The van der Waals surface area contributed by atoms with Gasteiger partial charge in [-0.3, -0.25) is 4.40 Å². The molecule has 13 heavy (non-hydrogen) atoms. The molecule has 0 bridgehead atoms. The normalized spacial score (nSPS) is 10.9. The van der Waals surface area contributed by atoms with Crippen molar-refractivity contribution in [2.75, 3.05) is 7.11 Å². The van der Waals surface area contributed by atoms with Crippen molar-refractivity contribution in [2.45, 2.75) is 6.61 Å². The minimum absolute atomic E-state index is 0.432. The van der Waals surface area contributed by atoms with Crippen LogP contribution in [0.3, 0.4) is 0 Å². The average Bonchev–Trinajstić information content (AvgIpc) is 2.51. The molecule has 0 saturated carbocycles. The molecule has 2 aromatic rings. The summed E-state index contributed by atoms with van der Waals surface area (Å²) in [5.41, 5.74) is 0.663. The van der Waals surface area contributed by atoms with Gasteiger partial charge in [-0.2, -0.15) is 0 Å². The summed E-state index contributed by atoms with van der Waals surface area (Å²) in [6.45, 7) is 0.432.